The number of rotatable bonds is 1. The van der Waals surface area contributed by atoms with Gasteiger partial charge in [0.25, 0.3) is 0 Å². The van der Waals surface area contributed by atoms with Gasteiger partial charge in [0.2, 0.25) is 0 Å². The molecule has 3 heteroatoms. The Kier molecular flexibility index (Phi) is 1.59. The number of carbonyl (C=O) groups excluding carboxylic acids is 1. The predicted octanol–water partition coefficient (Wildman–Crippen LogP) is 2.42. The summed E-state index contributed by atoms with van der Waals surface area (Å²) in [6.07, 6.45) is 0.689. The van der Waals surface area contributed by atoms with Gasteiger partial charge < -0.3 is 5.11 Å². The molecule has 0 bridgehead atoms. The SMILES string of the molecule is O=Cc1c(O)sc2ccccc12. The summed E-state index contributed by atoms with van der Waals surface area (Å²) in [6.45, 7) is 0. The van der Waals surface area contributed by atoms with Crippen LogP contribution in [0.3, 0.4) is 0 Å². The van der Waals surface area contributed by atoms with E-state index in [4.69, 9.17) is 0 Å². The molecule has 0 fully saturated rings. The van der Waals surface area contributed by atoms with Crippen LogP contribution < -0.4 is 0 Å². The van der Waals surface area contributed by atoms with Gasteiger partial charge in [-0.15, -0.1) is 0 Å². The van der Waals surface area contributed by atoms with Crippen molar-refractivity contribution in [3.05, 3.63) is 29.8 Å². The summed E-state index contributed by atoms with van der Waals surface area (Å²) >= 11 is 1.23. The van der Waals surface area contributed by atoms with Gasteiger partial charge in [0.05, 0.1) is 5.56 Å². The van der Waals surface area contributed by atoms with E-state index in [0.717, 1.165) is 10.1 Å². The molecule has 0 atom stereocenters. The molecule has 1 aromatic heterocycles. The summed E-state index contributed by atoms with van der Waals surface area (Å²) < 4.78 is 0.942. The van der Waals surface area contributed by atoms with Crippen molar-refractivity contribution in [1.82, 2.24) is 0 Å². The van der Waals surface area contributed by atoms with E-state index < -0.39 is 0 Å². The second-order valence-corrected chi connectivity index (χ2v) is 3.47. The number of hydrogen-bond donors (Lipinski definition) is 1. The van der Waals surface area contributed by atoms with Crippen LogP contribution in [0.25, 0.3) is 10.1 Å². The smallest absolute Gasteiger partial charge is 0.183 e. The zero-order valence-electron chi connectivity index (χ0n) is 6.15. The largest absolute Gasteiger partial charge is 0.499 e. The quantitative estimate of drug-likeness (QED) is 0.681. The van der Waals surface area contributed by atoms with E-state index >= 15 is 0 Å². The van der Waals surface area contributed by atoms with Crippen LogP contribution in [0.2, 0.25) is 0 Å². The monoisotopic (exact) mass is 178 g/mol. The molecular weight excluding hydrogens is 172 g/mol. The fourth-order valence-corrected chi connectivity index (χ4v) is 2.08. The minimum atomic E-state index is 0.103. The molecule has 0 radical (unpaired) electrons. The molecule has 0 unspecified atom stereocenters. The molecule has 0 saturated heterocycles. The van der Waals surface area contributed by atoms with Crippen LogP contribution in [0.1, 0.15) is 10.4 Å². The fourth-order valence-electron chi connectivity index (χ4n) is 1.17. The van der Waals surface area contributed by atoms with E-state index in [1.165, 1.54) is 11.3 Å². The van der Waals surface area contributed by atoms with Crippen LogP contribution in [0.4, 0.5) is 0 Å². The molecule has 1 N–H and O–H groups in total. The second kappa shape index (κ2) is 2.60. The van der Waals surface area contributed by atoms with Gasteiger partial charge in [-0.05, 0) is 6.07 Å². The van der Waals surface area contributed by atoms with Crippen molar-refractivity contribution in [1.29, 1.82) is 0 Å². The van der Waals surface area contributed by atoms with E-state index in [0.29, 0.717) is 11.8 Å². The fraction of sp³-hybridized carbons (Fsp3) is 0. The Morgan fingerprint density at radius 1 is 1.33 bits per heavy atom. The lowest BCUT2D eigenvalue weighted by Crippen LogP contribution is -1.74. The van der Waals surface area contributed by atoms with E-state index in [-0.39, 0.29) is 5.06 Å². The number of benzene rings is 1. The molecule has 0 aliphatic rings. The molecule has 12 heavy (non-hydrogen) atoms. The molecule has 0 aliphatic carbocycles. The van der Waals surface area contributed by atoms with E-state index in [1.54, 1.807) is 0 Å². The Balaban J connectivity index is 2.90. The van der Waals surface area contributed by atoms with Crippen molar-refractivity contribution in [3.63, 3.8) is 0 Å². The third kappa shape index (κ3) is 0.905. The summed E-state index contributed by atoms with van der Waals surface area (Å²) in [6, 6.07) is 7.44. The van der Waals surface area contributed by atoms with Crippen molar-refractivity contribution in [2.24, 2.45) is 0 Å². The van der Waals surface area contributed by atoms with Crippen molar-refractivity contribution < 1.29 is 9.90 Å². The summed E-state index contributed by atoms with van der Waals surface area (Å²) in [5.41, 5.74) is 0.399. The highest BCUT2D eigenvalue weighted by molar-refractivity contribution is 7.21. The average Bonchev–Trinajstić information content (AvgIpc) is 2.40. The van der Waals surface area contributed by atoms with E-state index in [1.807, 2.05) is 24.3 Å². The molecule has 0 aliphatic heterocycles. The van der Waals surface area contributed by atoms with Crippen molar-refractivity contribution in [2.45, 2.75) is 0 Å². The molecule has 60 valence electrons. The van der Waals surface area contributed by atoms with Gasteiger partial charge in [-0.3, -0.25) is 4.79 Å². The zero-order valence-corrected chi connectivity index (χ0v) is 6.97. The number of carbonyl (C=O) groups is 1. The van der Waals surface area contributed by atoms with E-state index in [9.17, 15) is 9.90 Å². The maximum atomic E-state index is 10.5. The summed E-state index contributed by atoms with van der Waals surface area (Å²) in [7, 11) is 0. The minimum absolute atomic E-state index is 0.103. The molecule has 0 saturated carbocycles. The molecule has 2 rings (SSSR count). The number of hydrogen-bond acceptors (Lipinski definition) is 3. The highest BCUT2D eigenvalue weighted by Gasteiger charge is 2.08. The summed E-state index contributed by atoms with van der Waals surface area (Å²) in [5.74, 6) is 0. The lowest BCUT2D eigenvalue weighted by atomic mass is 10.2. The zero-order chi connectivity index (χ0) is 8.55. The van der Waals surface area contributed by atoms with Gasteiger partial charge in [0, 0.05) is 10.1 Å². The van der Waals surface area contributed by atoms with Crippen molar-refractivity contribution >= 4 is 27.7 Å². The first-order valence-corrected chi connectivity index (χ1v) is 4.30. The third-order valence-corrected chi connectivity index (χ3v) is 2.72. The maximum absolute atomic E-state index is 10.5. The standard InChI is InChI=1S/C9H6O2S/c10-5-7-6-3-1-2-4-8(6)12-9(7)11/h1-5,11H. The first-order chi connectivity index (χ1) is 5.83. The summed E-state index contributed by atoms with van der Waals surface area (Å²) in [4.78, 5) is 10.5. The van der Waals surface area contributed by atoms with Crippen molar-refractivity contribution in [2.75, 3.05) is 0 Å². The second-order valence-electron chi connectivity index (χ2n) is 2.43. The van der Waals surface area contributed by atoms with Gasteiger partial charge in [0.1, 0.15) is 0 Å². The topological polar surface area (TPSA) is 37.3 Å². The number of aromatic hydroxyl groups is 1. The van der Waals surface area contributed by atoms with Crippen molar-refractivity contribution in [3.8, 4) is 5.06 Å². The lowest BCUT2D eigenvalue weighted by molar-refractivity contribution is 0.112. The third-order valence-electron chi connectivity index (χ3n) is 1.73. The Labute approximate surface area is 73.1 Å². The molecule has 2 aromatic rings. The normalized spacial score (nSPS) is 10.3. The summed E-state index contributed by atoms with van der Waals surface area (Å²) in [5, 5.41) is 10.3. The predicted molar refractivity (Wildman–Crippen MR) is 48.9 cm³/mol. The van der Waals surface area contributed by atoms with Gasteiger partial charge in [-0.25, -0.2) is 0 Å². The van der Waals surface area contributed by atoms with Crippen LogP contribution >= 0.6 is 11.3 Å². The van der Waals surface area contributed by atoms with Crippen LogP contribution in [0, 0.1) is 0 Å². The lowest BCUT2D eigenvalue weighted by Gasteiger charge is -1.86. The maximum Gasteiger partial charge on any atom is 0.183 e. The number of fused-ring (bicyclic) bond motifs is 1. The van der Waals surface area contributed by atoms with Crippen LogP contribution in [0.15, 0.2) is 24.3 Å². The minimum Gasteiger partial charge on any atom is -0.499 e. The molecular formula is C9H6O2S. The molecule has 0 amide bonds. The van der Waals surface area contributed by atoms with Crippen LogP contribution in [0.5, 0.6) is 5.06 Å². The van der Waals surface area contributed by atoms with Gasteiger partial charge in [0.15, 0.2) is 11.3 Å². The molecule has 0 spiro atoms. The van der Waals surface area contributed by atoms with Gasteiger partial charge in [-0.1, -0.05) is 29.5 Å². The Bertz CT molecular complexity index is 431. The molecule has 1 heterocycles. The molecule has 2 nitrogen and oxygen atoms in total. The van der Waals surface area contributed by atoms with Gasteiger partial charge in [-0.2, -0.15) is 0 Å². The Hall–Kier alpha value is -1.35. The number of aldehydes is 1. The Morgan fingerprint density at radius 2 is 2.08 bits per heavy atom. The van der Waals surface area contributed by atoms with Crippen LogP contribution in [-0.4, -0.2) is 11.4 Å². The average molecular weight is 178 g/mol. The number of thiophene rings is 1. The highest BCUT2D eigenvalue weighted by Crippen LogP contribution is 2.34. The van der Waals surface area contributed by atoms with Gasteiger partial charge >= 0.3 is 0 Å². The Morgan fingerprint density at radius 3 is 2.83 bits per heavy atom. The molecule has 1 aromatic carbocycles. The first-order valence-electron chi connectivity index (χ1n) is 3.48. The first kappa shape index (κ1) is 7.31. The van der Waals surface area contributed by atoms with Crippen LogP contribution in [-0.2, 0) is 0 Å². The highest BCUT2D eigenvalue weighted by atomic mass is 32.1. The van der Waals surface area contributed by atoms with E-state index in [2.05, 4.69) is 0 Å².